The lowest BCUT2D eigenvalue weighted by molar-refractivity contribution is -0.126. The van der Waals surface area contributed by atoms with Gasteiger partial charge in [-0.15, -0.1) is 0 Å². The maximum absolute atomic E-state index is 12.8. The Labute approximate surface area is 205 Å². The molecule has 3 heterocycles. The van der Waals surface area contributed by atoms with Crippen LogP contribution in [-0.2, 0) is 22.7 Å². The highest BCUT2D eigenvalue weighted by Crippen LogP contribution is 2.23. The number of nitrogens with one attached hydrogen (secondary N) is 1. The van der Waals surface area contributed by atoms with E-state index in [4.69, 9.17) is 4.52 Å². The van der Waals surface area contributed by atoms with Gasteiger partial charge in [-0.3, -0.25) is 14.5 Å². The molecule has 0 saturated carbocycles. The number of piperidine rings is 1. The number of hydrogen-bond donors (Lipinski definition) is 1. The first-order chi connectivity index (χ1) is 17.0. The molecule has 35 heavy (non-hydrogen) atoms. The van der Waals surface area contributed by atoms with Gasteiger partial charge in [-0.05, 0) is 57.0 Å². The number of nitrogens with zero attached hydrogens (tertiary/aromatic N) is 4. The molecule has 1 N–H and O–H groups in total. The van der Waals surface area contributed by atoms with Gasteiger partial charge in [0.1, 0.15) is 0 Å². The van der Waals surface area contributed by atoms with Crippen molar-refractivity contribution < 1.29 is 14.1 Å². The van der Waals surface area contributed by atoms with Crippen LogP contribution in [0.4, 0.5) is 5.69 Å². The number of benzene rings is 2. The monoisotopic (exact) mass is 473 g/mol. The molecule has 2 aliphatic rings. The van der Waals surface area contributed by atoms with Gasteiger partial charge < -0.3 is 14.7 Å². The Morgan fingerprint density at radius 1 is 1.11 bits per heavy atom. The Morgan fingerprint density at radius 3 is 2.66 bits per heavy atom. The number of carbonyl (C=O) groups is 2. The van der Waals surface area contributed by atoms with Crippen molar-refractivity contribution in [3.05, 3.63) is 65.5 Å². The third-order valence-electron chi connectivity index (χ3n) is 6.86. The first-order valence-corrected chi connectivity index (χ1v) is 12.3. The number of anilines is 1. The Kier molecular flexibility index (Phi) is 6.90. The predicted octanol–water partition coefficient (Wildman–Crippen LogP) is 3.70. The highest BCUT2D eigenvalue weighted by atomic mass is 16.5. The van der Waals surface area contributed by atoms with Gasteiger partial charge in [0.05, 0.1) is 6.54 Å². The zero-order chi connectivity index (χ0) is 24.2. The summed E-state index contributed by atoms with van der Waals surface area (Å²) in [4.78, 5) is 33.4. The summed E-state index contributed by atoms with van der Waals surface area (Å²) in [6.07, 6.45) is 3.11. The molecular weight excluding hydrogens is 442 g/mol. The van der Waals surface area contributed by atoms with Crippen molar-refractivity contribution in [2.45, 2.75) is 45.7 Å². The van der Waals surface area contributed by atoms with Gasteiger partial charge in [0.25, 0.3) is 0 Å². The van der Waals surface area contributed by atoms with E-state index in [1.807, 2.05) is 60.4 Å². The summed E-state index contributed by atoms with van der Waals surface area (Å²) in [5.41, 5.74) is 4.06. The number of amides is 2. The molecule has 0 atom stereocenters. The Bertz CT molecular complexity index is 1180. The SMILES string of the molecule is Cc1ccc(-c2noc(CN3CCC(C(=O)NCc4cccc(N5CCCC5=O)c4)CC3)n2)cc1. The van der Waals surface area contributed by atoms with E-state index in [9.17, 15) is 9.59 Å². The first kappa shape index (κ1) is 23.2. The molecule has 182 valence electrons. The number of aromatic nitrogens is 2. The van der Waals surface area contributed by atoms with E-state index in [0.29, 0.717) is 31.2 Å². The van der Waals surface area contributed by atoms with E-state index in [2.05, 4.69) is 20.4 Å². The molecule has 3 aromatic rings. The van der Waals surface area contributed by atoms with Gasteiger partial charge in [0.15, 0.2) is 0 Å². The average Bonchev–Trinajstić information content (AvgIpc) is 3.53. The zero-order valence-electron chi connectivity index (χ0n) is 20.1. The van der Waals surface area contributed by atoms with Crippen molar-refractivity contribution >= 4 is 17.5 Å². The summed E-state index contributed by atoms with van der Waals surface area (Å²) >= 11 is 0. The number of carbonyl (C=O) groups excluding carboxylic acids is 2. The van der Waals surface area contributed by atoms with Gasteiger partial charge in [0.2, 0.25) is 23.5 Å². The summed E-state index contributed by atoms with van der Waals surface area (Å²) in [6, 6.07) is 16.0. The van der Waals surface area contributed by atoms with Crippen molar-refractivity contribution in [3.8, 4) is 11.4 Å². The van der Waals surface area contributed by atoms with Gasteiger partial charge in [-0.1, -0.05) is 47.1 Å². The third kappa shape index (κ3) is 5.59. The van der Waals surface area contributed by atoms with Crippen LogP contribution < -0.4 is 10.2 Å². The van der Waals surface area contributed by atoms with Crippen LogP contribution in [-0.4, -0.2) is 46.5 Å². The normalized spacial score (nSPS) is 17.2. The molecule has 8 heteroatoms. The number of likely N-dealkylation sites (tertiary alicyclic amines) is 1. The van der Waals surface area contributed by atoms with Crippen LogP contribution in [0.25, 0.3) is 11.4 Å². The van der Waals surface area contributed by atoms with Crippen LogP contribution in [0.2, 0.25) is 0 Å². The fraction of sp³-hybridized carbons (Fsp3) is 0.407. The van der Waals surface area contributed by atoms with E-state index in [1.165, 1.54) is 5.56 Å². The molecule has 2 aliphatic heterocycles. The summed E-state index contributed by atoms with van der Waals surface area (Å²) < 4.78 is 5.46. The van der Waals surface area contributed by atoms with Crippen molar-refractivity contribution in [2.75, 3.05) is 24.5 Å². The second-order valence-electron chi connectivity index (χ2n) is 9.46. The highest BCUT2D eigenvalue weighted by Gasteiger charge is 2.26. The predicted molar refractivity (Wildman–Crippen MR) is 132 cm³/mol. The number of aryl methyl sites for hydroxylation is 1. The minimum atomic E-state index is 0.000368. The smallest absolute Gasteiger partial charge is 0.241 e. The molecule has 1 aromatic heterocycles. The topological polar surface area (TPSA) is 91.6 Å². The molecule has 2 fully saturated rings. The first-order valence-electron chi connectivity index (χ1n) is 12.3. The lowest BCUT2D eigenvalue weighted by Gasteiger charge is -2.30. The van der Waals surface area contributed by atoms with Crippen LogP contribution in [0.1, 0.15) is 42.7 Å². The van der Waals surface area contributed by atoms with Crippen LogP contribution in [0.15, 0.2) is 53.1 Å². The van der Waals surface area contributed by atoms with Gasteiger partial charge in [-0.25, -0.2) is 0 Å². The molecule has 2 amide bonds. The minimum absolute atomic E-state index is 0.000368. The largest absolute Gasteiger partial charge is 0.352 e. The van der Waals surface area contributed by atoms with E-state index in [0.717, 1.165) is 55.7 Å². The molecule has 0 unspecified atom stereocenters. The Hall–Kier alpha value is -3.52. The Morgan fingerprint density at radius 2 is 1.91 bits per heavy atom. The van der Waals surface area contributed by atoms with Crippen LogP contribution in [0, 0.1) is 12.8 Å². The molecule has 0 aliphatic carbocycles. The van der Waals surface area contributed by atoms with E-state index >= 15 is 0 Å². The van der Waals surface area contributed by atoms with Crippen LogP contribution in [0.5, 0.6) is 0 Å². The molecule has 8 nitrogen and oxygen atoms in total. The van der Waals surface area contributed by atoms with Gasteiger partial charge in [-0.2, -0.15) is 4.98 Å². The highest BCUT2D eigenvalue weighted by molar-refractivity contribution is 5.95. The molecule has 2 saturated heterocycles. The van der Waals surface area contributed by atoms with Crippen LogP contribution >= 0.6 is 0 Å². The van der Waals surface area contributed by atoms with E-state index in [1.54, 1.807) is 0 Å². The maximum Gasteiger partial charge on any atom is 0.241 e. The second-order valence-corrected chi connectivity index (χ2v) is 9.46. The van der Waals surface area contributed by atoms with Crippen molar-refractivity contribution in [1.29, 1.82) is 0 Å². The third-order valence-corrected chi connectivity index (χ3v) is 6.86. The Balaban J connectivity index is 1.08. The molecule has 5 rings (SSSR count). The van der Waals surface area contributed by atoms with E-state index < -0.39 is 0 Å². The summed E-state index contributed by atoms with van der Waals surface area (Å²) in [6.45, 7) is 5.50. The summed E-state index contributed by atoms with van der Waals surface area (Å²) in [5, 5.41) is 7.20. The summed E-state index contributed by atoms with van der Waals surface area (Å²) in [5.74, 6) is 1.46. The lowest BCUT2D eigenvalue weighted by atomic mass is 9.96. The average molecular weight is 474 g/mol. The fourth-order valence-electron chi connectivity index (χ4n) is 4.77. The van der Waals surface area contributed by atoms with Crippen molar-refractivity contribution in [3.63, 3.8) is 0 Å². The molecule has 2 aromatic carbocycles. The maximum atomic E-state index is 12.8. The van der Waals surface area contributed by atoms with Gasteiger partial charge in [0, 0.05) is 36.7 Å². The quantitative estimate of drug-likeness (QED) is 0.563. The molecule has 0 spiro atoms. The van der Waals surface area contributed by atoms with Crippen molar-refractivity contribution in [1.82, 2.24) is 20.4 Å². The van der Waals surface area contributed by atoms with Crippen LogP contribution in [0.3, 0.4) is 0 Å². The number of hydrogen-bond acceptors (Lipinski definition) is 6. The van der Waals surface area contributed by atoms with Gasteiger partial charge >= 0.3 is 0 Å². The van der Waals surface area contributed by atoms with Crippen molar-refractivity contribution in [2.24, 2.45) is 5.92 Å². The number of rotatable bonds is 7. The standard InChI is InChI=1S/C27H31N5O3/c1-19-7-9-21(10-8-19)26-29-24(35-30-26)18-31-14-11-22(12-15-31)27(34)28-17-20-4-2-5-23(16-20)32-13-3-6-25(32)33/h2,4-5,7-10,16,22H,3,6,11-15,17-18H2,1H3,(H,28,34). The molecular formula is C27H31N5O3. The minimum Gasteiger partial charge on any atom is -0.352 e. The lowest BCUT2D eigenvalue weighted by Crippen LogP contribution is -2.40. The molecule has 0 radical (unpaired) electrons. The second kappa shape index (κ2) is 10.4. The molecule has 0 bridgehead atoms. The summed E-state index contributed by atoms with van der Waals surface area (Å²) in [7, 11) is 0. The van der Waals surface area contributed by atoms with E-state index in [-0.39, 0.29) is 17.7 Å². The zero-order valence-corrected chi connectivity index (χ0v) is 20.1. The fourth-order valence-corrected chi connectivity index (χ4v) is 4.77.